The van der Waals surface area contributed by atoms with Gasteiger partial charge in [-0.2, -0.15) is 0 Å². The van der Waals surface area contributed by atoms with Crippen molar-refractivity contribution in [1.82, 2.24) is 5.32 Å². The van der Waals surface area contributed by atoms with Gasteiger partial charge in [-0.3, -0.25) is 19.7 Å². The van der Waals surface area contributed by atoms with Crippen LogP contribution in [0.1, 0.15) is 22.3 Å². The van der Waals surface area contributed by atoms with Crippen LogP contribution in [0.3, 0.4) is 0 Å². The maximum Gasteiger partial charge on any atom is 0.273 e. The van der Waals surface area contributed by atoms with Crippen LogP contribution in [-0.4, -0.2) is 29.3 Å². The largest absolute Gasteiger partial charge is 0.347 e. The standard InChI is InChI=1S/C18H17N3O4/c1-12-15(8-5-9-16(12)21(24)25)18(23)19-13-10-17(22)20(11-13)14-6-3-2-4-7-14/h2-9,13H,10-11H2,1H3,(H,19,23). The Morgan fingerprint density at radius 3 is 2.60 bits per heavy atom. The number of nitro benzene ring substituents is 1. The van der Waals surface area contributed by atoms with Crippen LogP contribution < -0.4 is 10.2 Å². The first kappa shape index (κ1) is 16.6. The topological polar surface area (TPSA) is 92.6 Å². The van der Waals surface area contributed by atoms with Gasteiger partial charge in [-0.15, -0.1) is 0 Å². The van der Waals surface area contributed by atoms with Gasteiger partial charge in [-0.1, -0.05) is 24.3 Å². The van der Waals surface area contributed by atoms with E-state index >= 15 is 0 Å². The molecule has 25 heavy (non-hydrogen) atoms. The van der Waals surface area contributed by atoms with Crippen molar-refractivity contribution in [2.75, 3.05) is 11.4 Å². The number of anilines is 1. The monoisotopic (exact) mass is 339 g/mol. The zero-order valence-electron chi connectivity index (χ0n) is 13.6. The van der Waals surface area contributed by atoms with E-state index < -0.39 is 10.8 Å². The summed E-state index contributed by atoms with van der Waals surface area (Å²) in [5, 5.41) is 13.8. The molecule has 2 amide bonds. The summed E-state index contributed by atoms with van der Waals surface area (Å²) >= 11 is 0. The van der Waals surface area contributed by atoms with E-state index in [9.17, 15) is 19.7 Å². The van der Waals surface area contributed by atoms with Crippen LogP contribution in [0, 0.1) is 17.0 Å². The first-order valence-corrected chi connectivity index (χ1v) is 7.87. The van der Waals surface area contributed by atoms with Gasteiger partial charge in [-0.05, 0) is 25.1 Å². The Bertz CT molecular complexity index is 835. The summed E-state index contributed by atoms with van der Waals surface area (Å²) in [7, 11) is 0. The molecule has 2 aromatic rings. The van der Waals surface area contributed by atoms with Crippen molar-refractivity contribution in [2.45, 2.75) is 19.4 Å². The number of nitro groups is 1. The summed E-state index contributed by atoms with van der Waals surface area (Å²) in [4.78, 5) is 36.8. The van der Waals surface area contributed by atoms with Gasteiger partial charge in [0.2, 0.25) is 5.91 Å². The molecule has 2 aromatic carbocycles. The molecule has 0 aromatic heterocycles. The fourth-order valence-electron chi connectivity index (χ4n) is 2.99. The second kappa shape index (κ2) is 6.72. The third-order valence-corrected chi connectivity index (χ3v) is 4.27. The summed E-state index contributed by atoms with van der Waals surface area (Å²) < 4.78 is 0. The molecule has 0 radical (unpaired) electrons. The zero-order valence-corrected chi connectivity index (χ0v) is 13.6. The molecule has 0 bridgehead atoms. The molecule has 1 fully saturated rings. The van der Waals surface area contributed by atoms with Crippen LogP contribution in [0.5, 0.6) is 0 Å². The minimum atomic E-state index is -0.512. The van der Waals surface area contributed by atoms with Gasteiger partial charge in [-0.25, -0.2) is 0 Å². The lowest BCUT2D eigenvalue weighted by Crippen LogP contribution is -2.37. The summed E-state index contributed by atoms with van der Waals surface area (Å²) in [5.41, 5.74) is 1.26. The second-order valence-corrected chi connectivity index (χ2v) is 5.92. The molecule has 1 aliphatic rings. The van der Waals surface area contributed by atoms with Gasteiger partial charge in [0.15, 0.2) is 0 Å². The lowest BCUT2D eigenvalue weighted by Gasteiger charge is -2.17. The first-order chi connectivity index (χ1) is 12.0. The second-order valence-electron chi connectivity index (χ2n) is 5.92. The van der Waals surface area contributed by atoms with Gasteiger partial charge in [0.1, 0.15) is 0 Å². The average Bonchev–Trinajstić information content (AvgIpc) is 2.95. The van der Waals surface area contributed by atoms with Crippen molar-refractivity contribution in [2.24, 2.45) is 0 Å². The highest BCUT2D eigenvalue weighted by Gasteiger charge is 2.32. The Kier molecular flexibility index (Phi) is 4.47. The van der Waals surface area contributed by atoms with Gasteiger partial charge in [0.25, 0.3) is 11.6 Å². The van der Waals surface area contributed by atoms with Crippen LogP contribution >= 0.6 is 0 Å². The predicted octanol–water partition coefficient (Wildman–Crippen LogP) is 2.44. The SMILES string of the molecule is Cc1c(C(=O)NC2CC(=O)N(c3ccccc3)C2)cccc1[N+](=O)[O-]. The lowest BCUT2D eigenvalue weighted by atomic mass is 10.1. The molecule has 1 unspecified atom stereocenters. The highest BCUT2D eigenvalue weighted by atomic mass is 16.6. The molecule has 128 valence electrons. The number of hydrogen-bond acceptors (Lipinski definition) is 4. The molecular weight excluding hydrogens is 322 g/mol. The fourth-order valence-corrected chi connectivity index (χ4v) is 2.99. The van der Waals surface area contributed by atoms with E-state index in [1.54, 1.807) is 17.9 Å². The lowest BCUT2D eigenvalue weighted by molar-refractivity contribution is -0.385. The molecule has 7 heteroatoms. The molecule has 1 atom stereocenters. The molecule has 1 saturated heterocycles. The Hall–Kier alpha value is -3.22. The van der Waals surface area contributed by atoms with Crippen LogP contribution in [0.15, 0.2) is 48.5 Å². The van der Waals surface area contributed by atoms with Crippen molar-refractivity contribution < 1.29 is 14.5 Å². The molecule has 1 aliphatic heterocycles. The summed E-state index contributed by atoms with van der Waals surface area (Å²) in [6.07, 6.45) is 0.203. The fraction of sp³-hybridized carbons (Fsp3) is 0.222. The van der Waals surface area contributed by atoms with Gasteiger partial charge in [0, 0.05) is 35.8 Å². The van der Waals surface area contributed by atoms with Gasteiger partial charge in [0.05, 0.1) is 11.0 Å². The molecule has 0 spiro atoms. The maximum atomic E-state index is 12.5. The molecule has 0 saturated carbocycles. The van der Waals surface area contributed by atoms with Crippen molar-refractivity contribution >= 4 is 23.2 Å². The van der Waals surface area contributed by atoms with Gasteiger partial charge >= 0.3 is 0 Å². The molecule has 0 aliphatic carbocycles. The molecular formula is C18H17N3O4. The quantitative estimate of drug-likeness (QED) is 0.684. The summed E-state index contributed by atoms with van der Waals surface area (Å²) in [5.74, 6) is -0.471. The van der Waals surface area contributed by atoms with Crippen LogP contribution in [0.2, 0.25) is 0 Å². The highest BCUT2D eigenvalue weighted by molar-refractivity contribution is 5.99. The van der Waals surface area contributed by atoms with E-state index in [1.165, 1.54) is 12.1 Å². The summed E-state index contributed by atoms with van der Waals surface area (Å²) in [6, 6.07) is 13.3. The van der Waals surface area contributed by atoms with Crippen LogP contribution in [0.4, 0.5) is 11.4 Å². The minimum absolute atomic E-state index is 0.0627. The number of amides is 2. The number of carbonyl (C=O) groups is 2. The normalized spacial score (nSPS) is 16.8. The van der Waals surface area contributed by atoms with E-state index in [-0.39, 0.29) is 29.6 Å². The third kappa shape index (κ3) is 3.35. The van der Waals surface area contributed by atoms with Crippen LogP contribution in [0.25, 0.3) is 0 Å². The smallest absolute Gasteiger partial charge is 0.273 e. The van der Waals surface area contributed by atoms with Crippen molar-refractivity contribution in [1.29, 1.82) is 0 Å². The number of rotatable bonds is 4. The Morgan fingerprint density at radius 1 is 1.20 bits per heavy atom. The number of nitrogens with zero attached hydrogens (tertiary/aromatic N) is 2. The molecule has 7 nitrogen and oxygen atoms in total. The minimum Gasteiger partial charge on any atom is -0.347 e. The van der Waals surface area contributed by atoms with E-state index in [0.717, 1.165) is 5.69 Å². The average molecular weight is 339 g/mol. The molecule has 3 rings (SSSR count). The van der Waals surface area contributed by atoms with Gasteiger partial charge < -0.3 is 10.2 Å². The first-order valence-electron chi connectivity index (χ1n) is 7.87. The predicted molar refractivity (Wildman–Crippen MR) is 92.5 cm³/mol. The molecule has 1 heterocycles. The number of benzene rings is 2. The Morgan fingerprint density at radius 2 is 1.92 bits per heavy atom. The molecule has 1 N–H and O–H groups in total. The Balaban J connectivity index is 1.74. The highest BCUT2D eigenvalue weighted by Crippen LogP contribution is 2.23. The van der Waals surface area contributed by atoms with E-state index in [0.29, 0.717) is 12.1 Å². The number of nitrogens with one attached hydrogen (secondary N) is 1. The van der Waals surface area contributed by atoms with E-state index in [4.69, 9.17) is 0 Å². The van der Waals surface area contributed by atoms with Crippen molar-refractivity contribution in [3.63, 3.8) is 0 Å². The van der Waals surface area contributed by atoms with E-state index in [2.05, 4.69) is 5.32 Å². The number of hydrogen-bond donors (Lipinski definition) is 1. The maximum absolute atomic E-state index is 12.5. The summed E-state index contributed by atoms with van der Waals surface area (Å²) in [6.45, 7) is 1.92. The Labute approximate surface area is 144 Å². The van der Waals surface area contributed by atoms with Crippen LogP contribution in [-0.2, 0) is 4.79 Å². The number of para-hydroxylation sites is 1. The third-order valence-electron chi connectivity index (χ3n) is 4.27. The number of carbonyl (C=O) groups excluding carboxylic acids is 2. The van der Waals surface area contributed by atoms with Crippen molar-refractivity contribution in [3.05, 3.63) is 69.8 Å². The van der Waals surface area contributed by atoms with E-state index in [1.807, 2.05) is 30.3 Å². The zero-order chi connectivity index (χ0) is 18.0. The van der Waals surface area contributed by atoms with Crippen molar-refractivity contribution in [3.8, 4) is 0 Å².